The fourth-order valence-corrected chi connectivity index (χ4v) is 6.32. The second kappa shape index (κ2) is 9.80. The molecule has 176 valence electrons. The van der Waals surface area contributed by atoms with Gasteiger partial charge in [0.2, 0.25) is 0 Å². The number of hydrogen-bond donors (Lipinski definition) is 1. The topological polar surface area (TPSA) is 76.7 Å². The quantitative estimate of drug-likeness (QED) is 0.319. The lowest BCUT2D eigenvalue weighted by Crippen LogP contribution is -2.43. The Morgan fingerprint density at radius 3 is 2.71 bits per heavy atom. The molecule has 4 atom stereocenters. The fraction of sp³-hybridized carbons (Fsp3) is 0.760. The summed E-state index contributed by atoms with van der Waals surface area (Å²) in [7, 11) is -4.42. The normalized spacial score (nSPS) is 29.3. The van der Waals surface area contributed by atoms with E-state index in [2.05, 4.69) is 33.8 Å². The maximum atomic E-state index is 11.2. The van der Waals surface area contributed by atoms with Crippen LogP contribution in [0.2, 0.25) is 0 Å². The van der Waals surface area contributed by atoms with Gasteiger partial charge in [0.1, 0.15) is 0 Å². The second-order valence-corrected chi connectivity index (χ2v) is 11.9. The third-order valence-corrected chi connectivity index (χ3v) is 8.72. The van der Waals surface area contributed by atoms with Crippen LogP contribution in [0, 0.1) is 28.6 Å². The molecule has 0 saturated heterocycles. The zero-order chi connectivity index (χ0) is 22.7. The first kappa shape index (κ1) is 24.5. The summed E-state index contributed by atoms with van der Waals surface area (Å²) in [6.07, 6.45) is 15.5. The Kier molecular flexibility index (Phi) is 7.75. The zero-order valence-electron chi connectivity index (χ0n) is 19.6. The van der Waals surface area contributed by atoms with E-state index < -0.39 is 10.4 Å². The number of rotatable bonds is 10. The molecule has 5 nitrogen and oxygen atoms in total. The summed E-state index contributed by atoms with van der Waals surface area (Å²) < 4.78 is 41.4. The van der Waals surface area contributed by atoms with Crippen molar-refractivity contribution < 1.29 is 21.6 Å². The van der Waals surface area contributed by atoms with Gasteiger partial charge >= 0.3 is 10.4 Å². The molecular formula is C25H40O5S. The Hall–Kier alpha value is -1.11. The van der Waals surface area contributed by atoms with E-state index in [0.717, 1.165) is 44.1 Å². The minimum atomic E-state index is -4.42. The van der Waals surface area contributed by atoms with Crippen LogP contribution >= 0.6 is 0 Å². The first-order valence-corrected chi connectivity index (χ1v) is 13.2. The van der Waals surface area contributed by atoms with E-state index in [9.17, 15) is 8.42 Å². The molecule has 1 N–H and O–H groups in total. The van der Waals surface area contributed by atoms with Gasteiger partial charge in [0.15, 0.2) is 0 Å². The fourth-order valence-electron chi connectivity index (χ4n) is 5.95. The van der Waals surface area contributed by atoms with Gasteiger partial charge in [0.05, 0.1) is 19.1 Å². The van der Waals surface area contributed by atoms with E-state index in [-0.39, 0.29) is 17.9 Å². The molecule has 1 aromatic rings. The highest BCUT2D eigenvalue weighted by Gasteiger charge is 2.47. The molecular weight excluding hydrogens is 412 g/mol. The third-order valence-electron chi connectivity index (χ3n) is 8.29. The lowest BCUT2D eigenvalue weighted by molar-refractivity contribution is 0.0728. The number of hydrogen-bond acceptors (Lipinski definition) is 4. The van der Waals surface area contributed by atoms with Crippen LogP contribution in [-0.4, -0.2) is 19.6 Å². The number of allylic oxidation sites excluding steroid dienone is 2. The highest BCUT2D eigenvalue weighted by Crippen LogP contribution is 2.58. The highest BCUT2D eigenvalue weighted by molar-refractivity contribution is 7.80. The minimum absolute atomic E-state index is 0.0443. The smallest absolute Gasteiger partial charge is 0.397 e. The molecule has 0 aromatic carbocycles. The van der Waals surface area contributed by atoms with E-state index in [0.29, 0.717) is 17.3 Å². The Bertz CT molecular complexity index is 839. The van der Waals surface area contributed by atoms with Gasteiger partial charge < -0.3 is 4.42 Å². The van der Waals surface area contributed by atoms with Gasteiger partial charge in [-0.2, -0.15) is 8.42 Å². The molecule has 6 heteroatoms. The maximum absolute atomic E-state index is 11.2. The van der Waals surface area contributed by atoms with Crippen molar-refractivity contribution in [2.24, 2.45) is 28.6 Å². The first-order valence-electron chi connectivity index (χ1n) is 11.8. The standard InChI is InChI=1S/C25H40O5S/c1-19-10-11-22-23(9-6-14-24(22,2)3)25(19,4)15-12-20(18-30-31(26,27)28)7-5-8-21-13-16-29-17-21/h9,13,16-17,19-20,22H,5-8,10-12,14-15,18H2,1-4H3,(H,26,27,28)/t19-,20?,22?,25+/m1/s1. The number of furan rings is 1. The van der Waals surface area contributed by atoms with Crippen LogP contribution < -0.4 is 0 Å². The first-order chi connectivity index (χ1) is 14.5. The van der Waals surface area contributed by atoms with Gasteiger partial charge in [0, 0.05) is 0 Å². The number of fused-ring (bicyclic) bond motifs is 1. The van der Waals surface area contributed by atoms with Gasteiger partial charge in [-0.25, -0.2) is 4.18 Å². The molecule has 1 heterocycles. The van der Waals surface area contributed by atoms with Crippen LogP contribution in [0.1, 0.15) is 84.6 Å². The molecule has 1 aromatic heterocycles. The largest absolute Gasteiger partial charge is 0.472 e. The van der Waals surface area contributed by atoms with E-state index >= 15 is 0 Å². The van der Waals surface area contributed by atoms with Gasteiger partial charge in [-0.1, -0.05) is 39.3 Å². The predicted molar refractivity (Wildman–Crippen MR) is 123 cm³/mol. The summed E-state index contributed by atoms with van der Waals surface area (Å²) >= 11 is 0. The molecule has 0 aliphatic heterocycles. The van der Waals surface area contributed by atoms with E-state index in [1.807, 2.05) is 6.07 Å². The van der Waals surface area contributed by atoms with Crippen molar-refractivity contribution in [2.75, 3.05) is 6.61 Å². The minimum Gasteiger partial charge on any atom is -0.472 e. The van der Waals surface area contributed by atoms with E-state index in [1.165, 1.54) is 19.3 Å². The van der Waals surface area contributed by atoms with Gasteiger partial charge in [-0.05, 0) is 98.0 Å². The summed E-state index contributed by atoms with van der Waals surface area (Å²) in [5.74, 6) is 1.35. The number of aryl methyl sites for hydroxylation is 1. The lowest BCUT2D eigenvalue weighted by atomic mass is 9.52. The average molecular weight is 453 g/mol. The van der Waals surface area contributed by atoms with Crippen LogP contribution in [0.15, 0.2) is 34.7 Å². The van der Waals surface area contributed by atoms with Gasteiger partial charge in [-0.15, -0.1) is 0 Å². The summed E-state index contributed by atoms with van der Waals surface area (Å²) in [5.41, 5.74) is 3.28. The van der Waals surface area contributed by atoms with Crippen molar-refractivity contribution in [3.63, 3.8) is 0 Å². The monoisotopic (exact) mass is 452 g/mol. The van der Waals surface area contributed by atoms with Crippen molar-refractivity contribution in [1.29, 1.82) is 0 Å². The zero-order valence-corrected chi connectivity index (χ0v) is 20.4. The molecule has 0 spiro atoms. The van der Waals surface area contributed by atoms with Crippen molar-refractivity contribution in [2.45, 2.75) is 85.5 Å². The molecule has 1 fully saturated rings. The van der Waals surface area contributed by atoms with Crippen LogP contribution in [0.3, 0.4) is 0 Å². The van der Waals surface area contributed by atoms with Crippen molar-refractivity contribution in [1.82, 2.24) is 0 Å². The molecule has 2 aliphatic carbocycles. The van der Waals surface area contributed by atoms with Crippen LogP contribution in [-0.2, 0) is 21.0 Å². The van der Waals surface area contributed by atoms with Crippen molar-refractivity contribution in [3.05, 3.63) is 35.8 Å². The lowest BCUT2D eigenvalue weighted by Gasteiger charge is -2.53. The highest BCUT2D eigenvalue weighted by atomic mass is 32.3. The Morgan fingerprint density at radius 1 is 1.26 bits per heavy atom. The molecule has 3 rings (SSSR count). The molecule has 2 unspecified atom stereocenters. The van der Waals surface area contributed by atoms with Crippen LogP contribution in [0.5, 0.6) is 0 Å². The summed E-state index contributed by atoms with van der Waals surface area (Å²) in [5, 5.41) is 0. The maximum Gasteiger partial charge on any atom is 0.397 e. The van der Waals surface area contributed by atoms with Gasteiger partial charge in [0.25, 0.3) is 0 Å². The predicted octanol–water partition coefficient (Wildman–Crippen LogP) is 6.62. The van der Waals surface area contributed by atoms with Gasteiger partial charge in [-0.3, -0.25) is 4.55 Å². The summed E-state index contributed by atoms with van der Waals surface area (Å²) in [4.78, 5) is 0. The van der Waals surface area contributed by atoms with Crippen LogP contribution in [0.25, 0.3) is 0 Å². The Morgan fingerprint density at radius 2 is 2.03 bits per heavy atom. The summed E-state index contributed by atoms with van der Waals surface area (Å²) in [6.45, 7) is 9.67. The van der Waals surface area contributed by atoms with E-state index in [4.69, 9.17) is 13.2 Å². The molecule has 0 amide bonds. The Balaban J connectivity index is 1.67. The second-order valence-electron chi connectivity index (χ2n) is 10.8. The van der Waals surface area contributed by atoms with Crippen molar-refractivity contribution >= 4 is 10.4 Å². The van der Waals surface area contributed by atoms with Crippen LogP contribution in [0.4, 0.5) is 0 Å². The summed E-state index contributed by atoms with van der Waals surface area (Å²) in [6, 6.07) is 1.96. The SMILES string of the molecule is C[C@@H]1CCC2C(=CCCC2(C)C)[C@@]1(C)CCC(CCCc1ccoc1)COS(=O)(=O)O. The third kappa shape index (κ3) is 6.23. The molecule has 1 saturated carbocycles. The molecule has 2 aliphatic rings. The molecule has 0 radical (unpaired) electrons. The molecule has 0 bridgehead atoms. The average Bonchev–Trinajstić information content (AvgIpc) is 3.19. The molecule has 31 heavy (non-hydrogen) atoms. The van der Waals surface area contributed by atoms with Crippen molar-refractivity contribution in [3.8, 4) is 0 Å². The van der Waals surface area contributed by atoms with E-state index in [1.54, 1.807) is 18.1 Å². The Labute approximate surface area is 188 Å².